The van der Waals surface area contributed by atoms with Crippen LogP contribution in [0.3, 0.4) is 0 Å². The van der Waals surface area contributed by atoms with E-state index in [4.69, 9.17) is 10.5 Å². The number of benzene rings is 1. The van der Waals surface area contributed by atoms with Gasteiger partial charge in [-0.3, -0.25) is 9.59 Å². The Morgan fingerprint density at radius 1 is 1.25 bits per heavy atom. The lowest BCUT2D eigenvalue weighted by Gasteiger charge is -2.28. The minimum Gasteiger partial charge on any atom is -0.452 e. The minimum absolute atomic E-state index is 0.347. The third-order valence-electron chi connectivity index (χ3n) is 3.93. The smallest absolute Gasteiger partial charge is 0.317 e. The average molecular weight is 279 g/mol. The number of ether oxygens (including phenoxy) is 1. The maximum Gasteiger partial charge on any atom is 0.317 e. The Morgan fingerprint density at radius 2 is 1.80 bits per heavy atom. The van der Waals surface area contributed by atoms with E-state index in [2.05, 4.69) is 0 Å². The summed E-state index contributed by atoms with van der Waals surface area (Å²) < 4.78 is 18.2. The molecule has 2 rings (SSSR count). The Hall–Kier alpha value is -1.91. The van der Waals surface area contributed by atoms with Gasteiger partial charge in [0.2, 0.25) is 0 Å². The topological polar surface area (TPSA) is 69.4 Å². The van der Waals surface area contributed by atoms with E-state index in [1.54, 1.807) is 12.1 Å². The zero-order valence-electron chi connectivity index (χ0n) is 11.4. The van der Waals surface area contributed by atoms with Gasteiger partial charge in [0.1, 0.15) is 5.82 Å². The van der Waals surface area contributed by atoms with Crippen LogP contribution in [0.4, 0.5) is 4.39 Å². The van der Waals surface area contributed by atoms with Crippen LogP contribution in [0.15, 0.2) is 24.3 Å². The van der Waals surface area contributed by atoms with Crippen molar-refractivity contribution in [2.24, 2.45) is 5.73 Å². The second kappa shape index (κ2) is 5.61. The van der Waals surface area contributed by atoms with E-state index in [-0.39, 0.29) is 5.82 Å². The van der Waals surface area contributed by atoms with Crippen LogP contribution in [-0.2, 0) is 19.7 Å². The highest BCUT2D eigenvalue weighted by Gasteiger charge is 2.45. The summed E-state index contributed by atoms with van der Waals surface area (Å²) in [6.07, 6.45) is 2.13. The normalized spacial score (nSPS) is 18.5. The van der Waals surface area contributed by atoms with Gasteiger partial charge in [0.15, 0.2) is 6.10 Å². The Morgan fingerprint density at radius 3 is 2.30 bits per heavy atom. The summed E-state index contributed by atoms with van der Waals surface area (Å²) in [5, 5.41) is 0. The van der Waals surface area contributed by atoms with Gasteiger partial charge in [-0.1, -0.05) is 25.0 Å². The Kier molecular flexibility index (Phi) is 4.06. The van der Waals surface area contributed by atoms with Gasteiger partial charge in [-0.15, -0.1) is 0 Å². The summed E-state index contributed by atoms with van der Waals surface area (Å²) in [5.41, 5.74) is 5.07. The van der Waals surface area contributed by atoms with Crippen LogP contribution in [0.25, 0.3) is 0 Å². The van der Waals surface area contributed by atoms with Crippen molar-refractivity contribution in [3.05, 3.63) is 35.6 Å². The Balaban J connectivity index is 2.28. The predicted molar refractivity (Wildman–Crippen MR) is 71.3 cm³/mol. The van der Waals surface area contributed by atoms with Crippen molar-refractivity contribution >= 4 is 11.9 Å². The molecule has 5 heteroatoms. The van der Waals surface area contributed by atoms with Crippen LogP contribution in [-0.4, -0.2) is 18.0 Å². The van der Waals surface area contributed by atoms with E-state index in [0.29, 0.717) is 12.8 Å². The largest absolute Gasteiger partial charge is 0.452 e. The Bertz CT molecular complexity index is 506. The summed E-state index contributed by atoms with van der Waals surface area (Å²) >= 11 is 0. The molecule has 1 fully saturated rings. The molecule has 1 atom stereocenters. The van der Waals surface area contributed by atoms with Crippen LogP contribution in [0.5, 0.6) is 0 Å². The number of primary amides is 1. The molecule has 0 saturated heterocycles. The lowest BCUT2D eigenvalue weighted by atomic mass is 9.79. The molecule has 108 valence electrons. The lowest BCUT2D eigenvalue weighted by Crippen LogP contribution is -2.40. The zero-order chi connectivity index (χ0) is 14.8. The van der Waals surface area contributed by atoms with Crippen molar-refractivity contribution in [2.75, 3.05) is 0 Å². The Labute approximate surface area is 117 Å². The van der Waals surface area contributed by atoms with Gasteiger partial charge in [-0.05, 0) is 37.5 Å². The highest BCUT2D eigenvalue weighted by atomic mass is 19.1. The van der Waals surface area contributed by atoms with Crippen molar-refractivity contribution in [3.63, 3.8) is 0 Å². The van der Waals surface area contributed by atoms with Crippen molar-refractivity contribution in [3.8, 4) is 0 Å². The van der Waals surface area contributed by atoms with Crippen molar-refractivity contribution in [1.29, 1.82) is 0 Å². The van der Waals surface area contributed by atoms with Crippen LogP contribution in [0.2, 0.25) is 0 Å². The minimum atomic E-state index is -0.958. The number of amides is 1. The number of rotatable bonds is 4. The molecule has 4 nitrogen and oxygen atoms in total. The molecule has 20 heavy (non-hydrogen) atoms. The summed E-state index contributed by atoms with van der Waals surface area (Å²) in [6.45, 7) is 1.45. The third kappa shape index (κ3) is 2.66. The van der Waals surface area contributed by atoms with Crippen molar-refractivity contribution in [1.82, 2.24) is 0 Å². The summed E-state index contributed by atoms with van der Waals surface area (Å²) in [7, 11) is 0. The number of carbonyl (C=O) groups is 2. The van der Waals surface area contributed by atoms with Crippen LogP contribution in [0, 0.1) is 5.82 Å². The maximum absolute atomic E-state index is 13.0. The van der Waals surface area contributed by atoms with Gasteiger partial charge in [0.05, 0.1) is 5.41 Å². The molecule has 0 bridgehead atoms. The van der Waals surface area contributed by atoms with Gasteiger partial charge in [0, 0.05) is 0 Å². The zero-order valence-corrected chi connectivity index (χ0v) is 11.4. The highest BCUT2D eigenvalue weighted by molar-refractivity contribution is 5.87. The monoisotopic (exact) mass is 279 g/mol. The molecular weight excluding hydrogens is 261 g/mol. The first-order valence-electron chi connectivity index (χ1n) is 6.72. The van der Waals surface area contributed by atoms with Gasteiger partial charge in [-0.2, -0.15) is 0 Å². The van der Waals surface area contributed by atoms with Crippen LogP contribution < -0.4 is 5.73 Å². The average Bonchev–Trinajstić information content (AvgIpc) is 2.90. The molecule has 2 N–H and O–H groups in total. The number of hydrogen-bond donors (Lipinski definition) is 1. The first-order valence-corrected chi connectivity index (χ1v) is 6.72. The summed E-state index contributed by atoms with van der Waals surface area (Å²) in [4.78, 5) is 23.5. The lowest BCUT2D eigenvalue weighted by molar-refractivity contribution is -0.159. The molecule has 1 aliphatic carbocycles. The number of esters is 1. The molecule has 1 aliphatic rings. The molecule has 0 heterocycles. The molecule has 0 radical (unpaired) electrons. The fourth-order valence-corrected chi connectivity index (χ4v) is 2.69. The van der Waals surface area contributed by atoms with E-state index in [9.17, 15) is 14.0 Å². The summed E-state index contributed by atoms with van der Waals surface area (Å²) in [5.74, 6) is -1.47. The van der Waals surface area contributed by atoms with Gasteiger partial charge < -0.3 is 10.5 Å². The van der Waals surface area contributed by atoms with Crippen LogP contribution >= 0.6 is 0 Å². The highest BCUT2D eigenvalue weighted by Crippen LogP contribution is 2.42. The number of carbonyl (C=O) groups excluding carboxylic acids is 2. The predicted octanol–water partition coefficient (Wildman–Crippen LogP) is 2.05. The van der Waals surface area contributed by atoms with Crippen molar-refractivity contribution in [2.45, 2.75) is 44.1 Å². The number of nitrogens with two attached hydrogens (primary N) is 1. The second-order valence-electron chi connectivity index (χ2n) is 5.25. The second-order valence-corrected chi connectivity index (χ2v) is 5.25. The SMILES string of the molecule is C[C@@H](OC(=O)C1(c2ccc(F)cc2)CCCC1)C(N)=O. The van der Waals surface area contributed by atoms with Gasteiger partial charge in [0.25, 0.3) is 5.91 Å². The molecule has 1 aromatic rings. The number of hydrogen-bond acceptors (Lipinski definition) is 3. The number of halogens is 1. The van der Waals surface area contributed by atoms with E-state index in [1.165, 1.54) is 19.1 Å². The fourth-order valence-electron chi connectivity index (χ4n) is 2.69. The molecule has 1 amide bonds. The molecular formula is C15H18FNO3. The van der Waals surface area contributed by atoms with Crippen molar-refractivity contribution < 1.29 is 18.7 Å². The summed E-state index contributed by atoms with van der Waals surface area (Å²) in [6, 6.07) is 5.88. The van der Waals surface area contributed by atoms with E-state index < -0.39 is 23.4 Å². The third-order valence-corrected chi connectivity index (χ3v) is 3.93. The molecule has 0 spiro atoms. The van der Waals surface area contributed by atoms with E-state index in [1.807, 2.05) is 0 Å². The quantitative estimate of drug-likeness (QED) is 0.858. The first kappa shape index (κ1) is 14.5. The maximum atomic E-state index is 13.0. The van der Waals surface area contributed by atoms with Gasteiger partial charge >= 0.3 is 5.97 Å². The molecule has 1 aromatic carbocycles. The van der Waals surface area contributed by atoms with Crippen LogP contribution in [0.1, 0.15) is 38.2 Å². The standard InChI is InChI=1S/C15H18FNO3/c1-10(13(17)18)20-14(19)15(8-2-3-9-15)11-4-6-12(16)7-5-11/h4-7,10H,2-3,8-9H2,1H3,(H2,17,18)/t10-/m1/s1. The van der Waals surface area contributed by atoms with E-state index in [0.717, 1.165) is 18.4 Å². The molecule has 1 saturated carbocycles. The first-order chi connectivity index (χ1) is 9.45. The fraction of sp³-hybridized carbons (Fsp3) is 0.467. The van der Waals surface area contributed by atoms with E-state index >= 15 is 0 Å². The molecule has 0 unspecified atom stereocenters. The molecule has 0 aromatic heterocycles. The molecule has 0 aliphatic heterocycles. The van der Waals surface area contributed by atoms with Gasteiger partial charge in [-0.25, -0.2) is 4.39 Å².